The fourth-order valence-corrected chi connectivity index (χ4v) is 3.98. The number of hydrogen-bond donors (Lipinski definition) is 1. The van der Waals surface area contributed by atoms with Crippen LogP contribution in [0.25, 0.3) is 0 Å². The highest BCUT2D eigenvalue weighted by molar-refractivity contribution is 6.13. The summed E-state index contributed by atoms with van der Waals surface area (Å²) in [5.41, 5.74) is 9.61. The van der Waals surface area contributed by atoms with E-state index in [0.717, 1.165) is 16.8 Å². The van der Waals surface area contributed by atoms with Crippen LogP contribution in [-0.4, -0.2) is 26.5 Å². The molecule has 2 heterocycles. The maximum absolute atomic E-state index is 15.0. The Hall–Kier alpha value is -4.13. The molecule has 0 bridgehead atoms. The lowest BCUT2D eigenvalue weighted by Gasteiger charge is -2.30. The average Bonchev–Trinajstić information content (AvgIpc) is 3.28. The van der Waals surface area contributed by atoms with E-state index in [0.29, 0.717) is 23.5 Å². The number of amidine groups is 1. The molecule has 7 heteroatoms. The average molecular weight is 424 g/mol. The predicted octanol–water partition coefficient (Wildman–Crippen LogP) is 4.22. The number of hydrogen-bond acceptors (Lipinski definition) is 5. The van der Waals surface area contributed by atoms with Gasteiger partial charge in [0.2, 0.25) is 0 Å². The Morgan fingerprint density at radius 2 is 1.66 bits per heavy atom. The summed E-state index contributed by atoms with van der Waals surface area (Å²) in [5.74, 6) is -0.0844. The Morgan fingerprint density at radius 1 is 1.00 bits per heavy atom. The summed E-state index contributed by atoms with van der Waals surface area (Å²) < 4.78 is 16.7. The van der Waals surface area contributed by atoms with Gasteiger partial charge in [-0.1, -0.05) is 65.9 Å². The zero-order chi connectivity index (χ0) is 22.1. The molecule has 0 fully saturated rings. The molecule has 1 atom stereocenters. The third kappa shape index (κ3) is 3.58. The van der Waals surface area contributed by atoms with Crippen molar-refractivity contribution in [1.82, 2.24) is 15.0 Å². The molecule has 6 nitrogen and oxygen atoms in total. The minimum Gasteiger partial charge on any atom is -0.382 e. The van der Waals surface area contributed by atoms with Crippen molar-refractivity contribution >= 4 is 17.2 Å². The number of aromatic nitrogens is 3. The molecule has 0 spiro atoms. The van der Waals surface area contributed by atoms with Crippen molar-refractivity contribution < 1.29 is 4.39 Å². The van der Waals surface area contributed by atoms with Crippen molar-refractivity contribution in [1.29, 1.82) is 0 Å². The Labute approximate surface area is 185 Å². The van der Waals surface area contributed by atoms with Crippen LogP contribution >= 0.6 is 0 Å². The van der Waals surface area contributed by atoms with Crippen LogP contribution in [0.1, 0.15) is 29.3 Å². The van der Waals surface area contributed by atoms with E-state index in [4.69, 9.17) is 10.7 Å². The topological polar surface area (TPSA) is 81.5 Å². The van der Waals surface area contributed by atoms with E-state index in [9.17, 15) is 0 Å². The first-order chi connectivity index (χ1) is 15.5. The van der Waals surface area contributed by atoms with Gasteiger partial charge >= 0.3 is 0 Å². The van der Waals surface area contributed by atoms with Gasteiger partial charge in [0.15, 0.2) is 0 Å². The van der Waals surface area contributed by atoms with E-state index in [1.165, 1.54) is 6.07 Å². The van der Waals surface area contributed by atoms with Gasteiger partial charge in [-0.25, -0.2) is 14.1 Å². The number of nitrogens with two attached hydrogens (primary N) is 1. The summed E-state index contributed by atoms with van der Waals surface area (Å²) in [7, 11) is 0. The summed E-state index contributed by atoms with van der Waals surface area (Å²) in [6.07, 6.45) is 1.56. The summed E-state index contributed by atoms with van der Waals surface area (Å²) in [5, 5.41) is 7.96. The Kier molecular flexibility index (Phi) is 4.86. The normalized spacial score (nSPS) is 17.4. The van der Waals surface area contributed by atoms with E-state index in [1.807, 2.05) is 67.6 Å². The van der Waals surface area contributed by atoms with Gasteiger partial charge in [0, 0.05) is 16.7 Å². The zero-order valence-electron chi connectivity index (χ0n) is 17.5. The lowest BCUT2D eigenvalue weighted by Crippen LogP contribution is -2.37. The maximum Gasteiger partial charge on any atom is 0.146 e. The molecule has 32 heavy (non-hydrogen) atoms. The second-order valence-corrected chi connectivity index (χ2v) is 7.90. The lowest BCUT2D eigenvalue weighted by molar-refractivity contribution is 0.359. The van der Waals surface area contributed by atoms with Crippen molar-refractivity contribution in [2.75, 3.05) is 0 Å². The molecule has 0 saturated carbocycles. The second kappa shape index (κ2) is 7.85. The highest BCUT2D eigenvalue weighted by Gasteiger charge is 2.35. The van der Waals surface area contributed by atoms with Gasteiger partial charge in [-0.3, -0.25) is 4.99 Å². The first kappa shape index (κ1) is 19.8. The molecule has 1 aliphatic rings. The third-order valence-electron chi connectivity index (χ3n) is 5.57. The highest BCUT2D eigenvalue weighted by Crippen LogP contribution is 2.35. The van der Waals surface area contributed by atoms with Gasteiger partial charge in [0.25, 0.3) is 0 Å². The molecule has 158 valence electrons. The van der Waals surface area contributed by atoms with Crippen molar-refractivity contribution in [2.45, 2.75) is 19.0 Å². The molecule has 0 saturated heterocycles. The second-order valence-electron chi connectivity index (χ2n) is 7.90. The molecule has 2 N–H and O–H groups in total. The van der Waals surface area contributed by atoms with Crippen LogP contribution in [0.5, 0.6) is 0 Å². The van der Waals surface area contributed by atoms with Gasteiger partial charge in [-0.05, 0) is 25.1 Å². The van der Waals surface area contributed by atoms with Crippen LogP contribution in [0.3, 0.4) is 0 Å². The highest BCUT2D eigenvalue weighted by atomic mass is 19.1. The minimum absolute atomic E-state index is 0.284. The molecule has 1 aromatic heterocycles. The Balaban J connectivity index is 1.62. The van der Waals surface area contributed by atoms with Gasteiger partial charge in [-0.15, -0.1) is 5.10 Å². The predicted molar refractivity (Wildman–Crippen MR) is 123 cm³/mol. The van der Waals surface area contributed by atoms with E-state index in [1.54, 1.807) is 23.0 Å². The molecule has 0 aliphatic carbocycles. The minimum atomic E-state index is -0.931. The van der Waals surface area contributed by atoms with Gasteiger partial charge in [0.1, 0.15) is 22.9 Å². The number of rotatable bonds is 4. The summed E-state index contributed by atoms with van der Waals surface area (Å²) in [4.78, 5) is 9.52. The smallest absolute Gasteiger partial charge is 0.146 e. The van der Waals surface area contributed by atoms with Gasteiger partial charge < -0.3 is 5.73 Å². The van der Waals surface area contributed by atoms with E-state index in [2.05, 4.69) is 15.3 Å². The van der Waals surface area contributed by atoms with E-state index < -0.39 is 5.54 Å². The van der Waals surface area contributed by atoms with Gasteiger partial charge in [-0.2, -0.15) is 0 Å². The SMILES string of the molecule is CC1(c2cc(N=C(c3ccccc3)c3ccccc3)ccc2F)Cn2nncc2C(N)=N1. The fraction of sp³-hybridized carbons (Fsp3) is 0.120. The quantitative estimate of drug-likeness (QED) is 0.498. The molecular formula is C25H21FN6. The Bertz CT molecular complexity index is 1290. The standard InChI is InChI=1S/C25H21FN6/c1-25(16-32-22(15-28-31-32)24(27)30-25)20-14-19(12-13-21(20)26)29-23(17-8-4-2-5-9-17)18-10-6-3-7-11-18/h2-15H,16H2,1H3,(H2,27,30). The summed E-state index contributed by atoms with van der Waals surface area (Å²) in [6, 6.07) is 24.7. The van der Waals surface area contributed by atoms with Crippen LogP contribution in [0.2, 0.25) is 0 Å². The van der Waals surface area contributed by atoms with Crippen molar-refractivity contribution in [3.05, 3.63) is 113 Å². The van der Waals surface area contributed by atoms with Crippen molar-refractivity contribution in [3.8, 4) is 0 Å². The molecular weight excluding hydrogens is 403 g/mol. The van der Waals surface area contributed by atoms with Gasteiger partial charge in [0.05, 0.1) is 24.1 Å². The summed E-state index contributed by atoms with van der Waals surface area (Å²) in [6.45, 7) is 2.17. The molecule has 0 radical (unpaired) electrons. The zero-order valence-corrected chi connectivity index (χ0v) is 17.5. The number of benzene rings is 3. The summed E-state index contributed by atoms with van der Waals surface area (Å²) >= 11 is 0. The van der Waals surface area contributed by atoms with E-state index in [-0.39, 0.29) is 11.7 Å². The third-order valence-corrected chi connectivity index (χ3v) is 5.57. The van der Waals surface area contributed by atoms with Crippen LogP contribution in [0, 0.1) is 5.82 Å². The molecule has 1 aliphatic heterocycles. The maximum atomic E-state index is 15.0. The molecule has 4 aromatic rings. The number of fused-ring (bicyclic) bond motifs is 1. The van der Waals surface area contributed by atoms with Crippen LogP contribution in [0.4, 0.5) is 10.1 Å². The van der Waals surface area contributed by atoms with Crippen LogP contribution < -0.4 is 5.73 Å². The van der Waals surface area contributed by atoms with Crippen molar-refractivity contribution in [3.63, 3.8) is 0 Å². The fourth-order valence-electron chi connectivity index (χ4n) is 3.98. The molecule has 1 unspecified atom stereocenters. The monoisotopic (exact) mass is 424 g/mol. The van der Waals surface area contributed by atoms with Crippen LogP contribution in [0.15, 0.2) is 95.0 Å². The first-order valence-corrected chi connectivity index (χ1v) is 10.3. The van der Waals surface area contributed by atoms with E-state index >= 15 is 4.39 Å². The largest absolute Gasteiger partial charge is 0.382 e. The number of aliphatic imine (C=N–C) groups is 2. The number of halogens is 1. The Morgan fingerprint density at radius 3 is 2.31 bits per heavy atom. The molecule has 3 aromatic carbocycles. The van der Waals surface area contributed by atoms with Crippen LogP contribution in [-0.2, 0) is 12.1 Å². The van der Waals surface area contributed by atoms with Crippen molar-refractivity contribution in [2.24, 2.45) is 15.7 Å². The number of nitrogens with zero attached hydrogens (tertiary/aromatic N) is 5. The molecule has 0 amide bonds. The lowest BCUT2D eigenvalue weighted by atomic mass is 9.90. The molecule has 5 rings (SSSR count). The first-order valence-electron chi connectivity index (χ1n) is 10.3.